The highest BCUT2D eigenvalue weighted by Crippen LogP contribution is 2.38. The number of allylic oxidation sites excluding steroid dienone is 6. The number of likely N-dealkylation sites (N-methyl/N-ethyl adjacent to an activating group) is 1. The van der Waals surface area contributed by atoms with Crippen LogP contribution in [0.5, 0.6) is 0 Å². The van der Waals surface area contributed by atoms with Crippen LogP contribution in [0.3, 0.4) is 0 Å². The number of hydrogen-bond acceptors (Lipinski definition) is 8. The molecule has 0 N–H and O–H groups in total. The van der Waals surface area contributed by atoms with Gasteiger partial charge in [-0.2, -0.15) is 0 Å². The Morgan fingerprint density at radius 3 is 1.57 bits per heavy atom. The van der Waals surface area contributed by atoms with E-state index < -0.39 is 32.5 Å². The Bertz CT molecular complexity index is 975. The van der Waals surface area contributed by atoms with Crippen molar-refractivity contribution >= 4 is 19.8 Å². The average Bonchev–Trinajstić information content (AvgIpc) is 3.07. The van der Waals surface area contributed by atoms with E-state index in [9.17, 15) is 19.0 Å². The largest absolute Gasteiger partial charge is 0.756 e. The van der Waals surface area contributed by atoms with Crippen molar-refractivity contribution in [3.8, 4) is 0 Å². The Hall–Kier alpha value is -1.77. The third-order valence-electron chi connectivity index (χ3n) is 8.38. The molecule has 0 aromatic rings. The second-order valence-corrected chi connectivity index (χ2v) is 16.1. The number of ether oxygens (including phenoxy) is 2. The highest BCUT2D eigenvalue weighted by molar-refractivity contribution is 7.45. The van der Waals surface area contributed by atoms with E-state index in [0.29, 0.717) is 17.4 Å². The molecule has 0 aliphatic carbocycles. The normalized spacial score (nSPS) is 14.1. The Morgan fingerprint density at radius 2 is 1.06 bits per heavy atom. The van der Waals surface area contributed by atoms with Crippen LogP contribution in [0, 0.1) is 0 Å². The van der Waals surface area contributed by atoms with Crippen LogP contribution in [0.1, 0.15) is 162 Å². The first-order valence-electron chi connectivity index (χ1n) is 20.2. The van der Waals surface area contributed by atoms with Crippen molar-refractivity contribution in [1.29, 1.82) is 0 Å². The van der Waals surface area contributed by atoms with Crippen molar-refractivity contribution in [3.63, 3.8) is 0 Å². The molecular formula is C41H76NO8P. The molecule has 2 atom stereocenters. The van der Waals surface area contributed by atoms with Crippen molar-refractivity contribution < 1.29 is 42.1 Å². The molecule has 0 aliphatic rings. The van der Waals surface area contributed by atoms with Gasteiger partial charge in [-0.25, -0.2) is 0 Å². The molecule has 0 amide bonds. The van der Waals surface area contributed by atoms with Gasteiger partial charge < -0.3 is 27.9 Å². The first-order chi connectivity index (χ1) is 24.5. The van der Waals surface area contributed by atoms with Crippen LogP contribution >= 0.6 is 7.82 Å². The molecule has 9 nitrogen and oxygen atoms in total. The summed E-state index contributed by atoms with van der Waals surface area (Å²) >= 11 is 0. The van der Waals surface area contributed by atoms with Crippen molar-refractivity contribution in [2.75, 3.05) is 47.5 Å². The molecule has 0 aromatic heterocycles. The van der Waals surface area contributed by atoms with E-state index in [1.54, 1.807) is 0 Å². The first-order valence-corrected chi connectivity index (χ1v) is 21.7. The molecule has 0 saturated carbocycles. The molecule has 0 aromatic carbocycles. The van der Waals surface area contributed by atoms with Crippen molar-refractivity contribution in [3.05, 3.63) is 36.5 Å². The van der Waals surface area contributed by atoms with E-state index >= 15 is 0 Å². The van der Waals surface area contributed by atoms with E-state index in [-0.39, 0.29) is 26.1 Å². The molecule has 1 unspecified atom stereocenters. The van der Waals surface area contributed by atoms with Gasteiger partial charge in [0.25, 0.3) is 7.82 Å². The number of carbonyl (C=O) groups is 2. The predicted octanol–water partition coefficient (Wildman–Crippen LogP) is 10.3. The second kappa shape index (κ2) is 34.0. The highest BCUT2D eigenvalue weighted by Gasteiger charge is 2.21. The van der Waals surface area contributed by atoms with Gasteiger partial charge >= 0.3 is 11.9 Å². The number of phosphoric acid groups is 1. The van der Waals surface area contributed by atoms with Crippen molar-refractivity contribution in [1.82, 2.24) is 0 Å². The van der Waals surface area contributed by atoms with Crippen LogP contribution in [0.4, 0.5) is 0 Å². The minimum absolute atomic E-state index is 0.0354. The third kappa shape index (κ3) is 37.8. The van der Waals surface area contributed by atoms with E-state index in [1.165, 1.54) is 51.4 Å². The number of phosphoric ester groups is 1. The zero-order valence-corrected chi connectivity index (χ0v) is 34.2. The summed E-state index contributed by atoms with van der Waals surface area (Å²) in [6.45, 7) is 4.13. The monoisotopic (exact) mass is 742 g/mol. The number of esters is 2. The van der Waals surface area contributed by atoms with E-state index in [0.717, 1.165) is 77.0 Å². The van der Waals surface area contributed by atoms with Crippen LogP contribution in [0.15, 0.2) is 36.5 Å². The summed E-state index contributed by atoms with van der Waals surface area (Å²) in [6.07, 6.45) is 35.9. The Balaban J connectivity index is 4.46. The molecule has 51 heavy (non-hydrogen) atoms. The smallest absolute Gasteiger partial charge is 0.306 e. The standard InChI is InChI=1S/C41H76NO8P/c1-6-8-10-12-14-16-18-20-21-22-24-26-28-30-32-34-41(44)50-39(38-49-51(45,46)48-36-35-42(3,4)5)37-47-40(43)33-31-29-27-25-23-19-17-15-13-11-9-7-2/h14-17,20-21,39H,6-13,18-19,22-38H2,1-5H3/b16-14-,17-15-,21-20-/t39-/m1/s1. The molecule has 0 aliphatic heterocycles. The van der Waals surface area contributed by atoms with Gasteiger partial charge in [0.05, 0.1) is 27.7 Å². The molecule has 0 fully saturated rings. The van der Waals surface area contributed by atoms with E-state index in [2.05, 4.69) is 50.3 Å². The lowest BCUT2D eigenvalue weighted by molar-refractivity contribution is -0.870. The first kappa shape index (κ1) is 49.2. The van der Waals surface area contributed by atoms with Crippen LogP contribution in [0.2, 0.25) is 0 Å². The summed E-state index contributed by atoms with van der Waals surface area (Å²) in [5, 5.41) is 0. The predicted molar refractivity (Wildman–Crippen MR) is 208 cm³/mol. The van der Waals surface area contributed by atoms with Crippen LogP contribution in [-0.2, 0) is 32.7 Å². The molecule has 0 bridgehead atoms. The number of nitrogens with zero attached hydrogens (tertiary/aromatic N) is 1. The van der Waals surface area contributed by atoms with Gasteiger partial charge in [-0.1, -0.05) is 115 Å². The minimum Gasteiger partial charge on any atom is -0.756 e. The fourth-order valence-electron chi connectivity index (χ4n) is 5.15. The molecule has 0 heterocycles. The maximum absolute atomic E-state index is 12.6. The van der Waals surface area contributed by atoms with Crippen LogP contribution < -0.4 is 4.89 Å². The maximum atomic E-state index is 12.6. The van der Waals surface area contributed by atoms with E-state index in [4.69, 9.17) is 18.5 Å². The zero-order chi connectivity index (χ0) is 37.9. The third-order valence-corrected chi connectivity index (χ3v) is 9.35. The Kier molecular flexibility index (Phi) is 32.8. The summed E-state index contributed by atoms with van der Waals surface area (Å²) < 4.78 is 33.8. The van der Waals surface area contributed by atoms with Crippen LogP contribution in [-0.4, -0.2) is 70.0 Å². The van der Waals surface area contributed by atoms with Crippen molar-refractivity contribution in [2.45, 2.75) is 168 Å². The fourth-order valence-corrected chi connectivity index (χ4v) is 5.88. The van der Waals surface area contributed by atoms with Gasteiger partial charge in [0.15, 0.2) is 6.10 Å². The van der Waals surface area contributed by atoms with Gasteiger partial charge in [-0.05, 0) is 70.6 Å². The highest BCUT2D eigenvalue weighted by atomic mass is 31.2. The van der Waals surface area contributed by atoms with Gasteiger partial charge in [0, 0.05) is 12.8 Å². The summed E-state index contributed by atoms with van der Waals surface area (Å²) in [7, 11) is 1.15. The molecular weight excluding hydrogens is 665 g/mol. The lowest BCUT2D eigenvalue weighted by Gasteiger charge is -2.28. The summed E-state index contributed by atoms with van der Waals surface area (Å²) in [4.78, 5) is 37.4. The lowest BCUT2D eigenvalue weighted by atomic mass is 10.1. The van der Waals surface area contributed by atoms with Gasteiger partial charge in [0.1, 0.15) is 19.8 Å². The summed E-state index contributed by atoms with van der Waals surface area (Å²) in [6, 6.07) is 0. The lowest BCUT2D eigenvalue weighted by Crippen LogP contribution is -2.37. The molecule has 0 rings (SSSR count). The summed E-state index contributed by atoms with van der Waals surface area (Å²) in [5.74, 6) is -0.864. The molecule has 0 saturated heterocycles. The number of quaternary nitrogens is 1. The van der Waals surface area contributed by atoms with Crippen molar-refractivity contribution in [2.24, 2.45) is 0 Å². The molecule has 10 heteroatoms. The fraction of sp³-hybridized carbons (Fsp3) is 0.805. The summed E-state index contributed by atoms with van der Waals surface area (Å²) in [5.41, 5.74) is 0. The maximum Gasteiger partial charge on any atom is 0.306 e. The number of rotatable bonds is 36. The van der Waals surface area contributed by atoms with Gasteiger partial charge in [0.2, 0.25) is 0 Å². The second-order valence-electron chi connectivity index (χ2n) is 14.6. The minimum atomic E-state index is -4.62. The van der Waals surface area contributed by atoms with Gasteiger partial charge in [-0.15, -0.1) is 0 Å². The Morgan fingerprint density at radius 1 is 0.608 bits per heavy atom. The molecule has 0 spiro atoms. The number of unbranched alkanes of at least 4 members (excludes halogenated alkanes) is 16. The van der Waals surface area contributed by atoms with Crippen LogP contribution in [0.25, 0.3) is 0 Å². The topological polar surface area (TPSA) is 111 Å². The Labute approximate surface area is 312 Å². The quantitative estimate of drug-likeness (QED) is 0.0205. The average molecular weight is 742 g/mol. The molecule has 298 valence electrons. The van der Waals surface area contributed by atoms with Gasteiger partial charge in [-0.3, -0.25) is 14.2 Å². The zero-order valence-electron chi connectivity index (χ0n) is 33.3. The number of carbonyl (C=O) groups excluding carboxylic acids is 2. The molecule has 0 radical (unpaired) electrons. The number of hydrogen-bond donors (Lipinski definition) is 0. The van der Waals surface area contributed by atoms with E-state index in [1.807, 2.05) is 21.1 Å². The SMILES string of the molecule is CCCCC/C=C\C/C=C\CCCCCCCC(=O)O[C@H](COC(=O)CCCCCCC/C=C\CCCCC)COP(=O)([O-])OCC[N+](C)(C)C.